The molecule has 0 amide bonds. The molecule has 0 radical (unpaired) electrons. The summed E-state index contributed by atoms with van der Waals surface area (Å²) in [6.45, 7) is 2.01. The zero-order valence-electron chi connectivity index (χ0n) is 6.83. The second-order valence-electron chi connectivity index (χ2n) is 2.56. The maximum absolute atomic E-state index is 5.43. The van der Waals surface area contributed by atoms with E-state index in [2.05, 4.69) is 0 Å². The van der Waals surface area contributed by atoms with Crippen LogP contribution < -0.4 is 22.0 Å². The van der Waals surface area contributed by atoms with Gasteiger partial charge in [0.15, 0.2) is 0 Å². The first-order valence-electron chi connectivity index (χ1n) is 3.46. The molecule has 11 heavy (non-hydrogen) atoms. The molecule has 0 saturated carbocycles. The minimum absolute atomic E-state index is 0.963. The molecule has 0 atom stereocenters. The van der Waals surface area contributed by atoms with E-state index in [0.29, 0.717) is 0 Å². The van der Waals surface area contributed by atoms with Crippen LogP contribution in [0.15, 0.2) is 6.20 Å². The van der Waals surface area contributed by atoms with Crippen LogP contribution in [-0.4, -0.2) is 4.57 Å². The first kappa shape index (κ1) is 7.72. The summed E-state index contributed by atoms with van der Waals surface area (Å²) < 4.78 is 1.95. The van der Waals surface area contributed by atoms with Crippen LogP contribution in [0, 0.1) is 6.92 Å². The molecule has 0 bridgehead atoms. The summed E-state index contributed by atoms with van der Waals surface area (Å²) in [4.78, 5) is 0. The van der Waals surface area contributed by atoms with Gasteiger partial charge in [-0.25, -0.2) is 0 Å². The van der Waals surface area contributed by atoms with Gasteiger partial charge in [0.25, 0.3) is 0 Å². The summed E-state index contributed by atoms with van der Waals surface area (Å²) in [5.74, 6) is 0. The first-order chi connectivity index (χ1) is 5.20. The largest absolute Gasteiger partial charge is 0.404 e. The number of rotatable bonds is 0. The second-order valence-corrected chi connectivity index (χ2v) is 2.56. The lowest BCUT2D eigenvalue weighted by molar-refractivity contribution is 0.885. The van der Waals surface area contributed by atoms with Crippen LogP contribution in [0.2, 0.25) is 0 Å². The fourth-order valence-electron chi connectivity index (χ4n) is 1.25. The highest BCUT2D eigenvalue weighted by Gasteiger charge is 1.94. The number of hydrogen-bond acceptors (Lipinski definition) is 2. The van der Waals surface area contributed by atoms with E-state index in [4.69, 9.17) is 11.5 Å². The molecule has 1 aromatic rings. The van der Waals surface area contributed by atoms with Crippen LogP contribution in [-0.2, 0) is 7.05 Å². The van der Waals surface area contributed by atoms with Gasteiger partial charge in [-0.2, -0.15) is 0 Å². The minimum Gasteiger partial charge on any atom is -0.404 e. The van der Waals surface area contributed by atoms with Crippen LogP contribution in [0.4, 0.5) is 0 Å². The Balaban J connectivity index is 3.70. The van der Waals surface area contributed by atoms with Crippen LogP contribution in [0.25, 0.3) is 12.4 Å². The summed E-state index contributed by atoms with van der Waals surface area (Å²) in [7, 11) is 1.94. The van der Waals surface area contributed by atoms with E-state index in [0.717, 1.165) is 16.1 Å². The Morgan fingerprint density at radius 1 is 1.36 bits per heavy atom. The quantitative estimate of drug-likeness (QED) is 0.485. The molecule has 1 rings (SSSR count). The second kappa shape index (κ2) is 2.70. The van der Waals surface area contributed by atoms with Crippen molar-refractivity contribution in [3.05, 3.63) is 22.3 Å². The molecule has 0 aliphatic heterocycles. The highest BCUT2D eigenvalue weighted by molar-refractivity contribution is 5.30. The lowest BCUT2D eigenvalue weighted by Gasteiger charge is -1.87. The fraction of sp³-hybridized carbons (Fsp3) is 0.250. The fourth-order valence-corrected chi connectivity index (χ4v) is 1.25. The Bertz CT molecular complexity index is 325. The monoisotopic (exact) mass is 151 g/mol. The predicted octanol–water partition coefficient (Wildman–Crippen LogP) is -1.27. The summed E-state index contributed by atoms with van der Waals surface area (Å²) in [6.07, 6.45) is 5.14. The Kier molecular flexibility index (Phi) is 1.89. The molecule has 0 saturated heterocycles. The third-order valence-electron chi connectivity index (χ3n) is 1.79. The number of nitrogens with two attached hydrogens (primary N) is 2. The molecule has 1 aromatic heterocycles. The van der Waals surface area contributed by atoms with Crippen molar-refractivity contribution in [3.63, 3.8) is 0 Å². The smallest absolute Gasteiger partial charge is 0.0652 e. The molecular weight excluding hydrogens is 138 g/mol. The Morgan fingerprint density at radius 3 is 2.36 bits per heavy atom. The van der Waals surface area contributed by atoms with Crippen molar-refractivity contribution in [2.75, 3.05) is 0 Å². The van der Waals surface area contributed by atoms with E-state index in [9.17, 15) is 0 Å². The van der Waals surface area contributed by atoms with Crippen molar-refractivity contribution in [1.29, 1.82) is 0 Å². The van der Waals surface area contributed by atoms with Crippen LogP contribution in [0.5, 0.6) is 0 Å². The summed E-state index contributed by atoms with van der Waals surface area (Å²) >= 11 is 0. The van der Waals surface area contributed by atoms with E-state index >= 15 is 0 Å². The van der Waals surface area contributed by atoms with E-state index < -0.39 is 0 Å². The van der Waals surface area contributed by atoms with Gasteiger partial charge in [-0.05, 0) is 12.5 Å². The van der Waals surface area contributed by atoms with Gasteiger partial charge in [-0.3, -0.25) is 0 Å². The van der Waals surface area contributed by atoms with Crippen LogP contribution in [0.1, 0.15) is 5.56 Å². The number of hydrogen-bond donors (Lipinski definition) is 2. The van der Waals surface area contributed by atoms with Gasteiger partial charge in [-0.1, -0.05) is 0 Å². The van der Waals surface area contributed by atoms with Gasteiger partial charge in [0, 0.05) is 30.9 Å². The molecular formula is C8H13N3. The molecule has 4 N–H and O–H groups in total. The number of aromatic nitrogens is 1. The molecule has 60 valence electrons. The molecule has 0 fully saturated rings. The first-order valence-corrected chi connectivity index (χ1v) is 3.46. The normalized spacial score (nSPS) is 14.4. The molecule has 0 spiro atoms. The highest BCUT2D eigenvalue weighted by atomic mass is 14.9. The van der Waals surface area contributed by atoms with E-state index in [1.54, 1.807) is 12.4 Å². The van der Waals surface area contributed by atoms with Gasteiger partial charge < -0.3 is 16.0 Å². The SMILES string of the molecule is Cc1cn(C)c(=C/N)/c1=C\N. The van der Waals surface area contributed by atoms with Crippen molar-refractivity contribution in [2.24, 2.45) is 18.5 Å². The highest BCUT2D eigenvalue weighted by Crippen LogP contribution is 1.81. The number of nitrogens with zero attached hydrogens (tertiary/aromatic N) is 1. The molecule has 0 aliphatic carbocycles. The molecule has 3 heteroatoms. The molecule has 1 heterocycles. The van der Waals surface area contributed by atoms with Gasteiger partial charge >= 0.3 is 0 Å². The Morgan fingerprint density at radius 2 is 2.00 bits per heavy atom. The van der Waals surface area contributed by atoms with Crippen LogP contribution in [0.3, 0.4) is 0 Å². The van der Waals surface area contributed by atoms with E-state index in [1.165, 1.54) is 0 Å². The molecule has 0 unspecified atom stereocenters. The van der Waals surface area contributed by atoms with Crippen molar-refractivity contribution in [2.45, 2.75) is 6.92 Å². The maximum atomic E-state index is 5.43. The lowest BCUT2D eigenvalue weighted by Crippen LogP contribution is -2.30. The van der Waals surface area contributed by atoms with Gasteiger partial charge in [0.05, 0.1) is 5.35 Å². The maximum Gasteiger partial charge on any atom is 0.0652 e. The minimum atomic E-state index is 0.963. The summed E-state index contributed by atoms with van der Waals surface area (Å²) in [5, 5.41) is 1.97. The Labute approximate surface area is 65.6 Å². The van der Waals surface area contributed by atoms with E-state index in [-0.39, 0.29) is 0 Å². The molecule has 0 aliphatic rings. The van der Waals surface area contributed by atoms with Crippen molar-refractivity contribution in [1.82, 2.24) is 4.57 Å². The van der Waals surface area contributed by atoms with E-state index in [1.807, 2.05) is 24.7 Å². The van der Waals surface area contributed by atoms with Gasteiger partial charge in [0.2, 0.25) is 0 Å². The average molecular weight is 151 g/mol. The predicted molar refractivity (Wildman–Crippen MR) is 46.7 cm³/mol. The van der Waals surface area contributed by atoms with Gasteiger partial charge in [-0.15, -0.1) is 0 Å². The standard InChI is InChI=1S/C8H13N3/c1-6-5-11(2)8(4-10)7(6)3-9/h3-5H,9-10H2,1-2H3/b7-3-,8-4+. The third kappa shape index (κ3) is 1.09. The number of aryl methyl sites for hydroxylation is 2. The summed E-state index contributed by atoms with van der Waals surface area (Å²) in [6, 6.07) is 0. The van der Waals surface area contributed by atoms with Crippen molar-refractivity contribution >= 4 is 12.4 Å². The summed E-state index contributed by atoms with van der Waals surface area (Å²) in [5.41, 5.74) is 12.0. The third-order valence-corrected chi connectivity index (χ3v) is 1.79. The molecule has 3 nitrogen and oxygen atoms in total. The van der Waals surface area contributed by atoms with Gasteiger partial charge in [0.1, 0.15) is 0 Å². The van der Waals surface area contributed by atoms with Crippen LogP contribution >= 0.6 is 0 Å². The zero-order chi connectivity index (χ0) is 8.43. The van der Waals surface area contributed by atoms with Crippen molar-refractivity contribution < 1.29 is 0 Å². The molecule has 0 aromatic carbocycles. The van der Waals surface area contributed by atoms with Crippen molar-refractivity contribution in [3.8, 4) is 0 Å². The Hall–Kier alpha value is -1.38. The lowest BCUT2D eigenvalue weighted by atomic mass is 10.3. The average Bonchev–Trinajstić information content (AvgIpc) is 2.24. The topological polar surface area (TPSA) is 57.0 Å². The zero-order valence-corrected chi connectivity index (χ0v) is 6.83.